The van der Waals surface area contributed by atoms with E-state index in [1.54, 1.807) is 0 Å². The number of hydrogen-bond acceptors (Lipinski definition) is 5. The molecule has 0 fully saturated rings. The maximum Gasteiger partial charge on any atom is 0.313 e. The van der Waals surface area contributed by atoms with Crippen LogP contribution < -0.4 is 0 Å². The first-order valence-electron chi connectivity index (χ1n) is 6.31. The first-order valence-corrected chi connectivity index (χ1v) is 7.29. The lowest BCUT2D eigenvalue weighted by Gasteiger charge is -2.13. The van der Waals surface area contributed by atoms with Crippen LogP contribution in [-0.4, -0.2) is 44.3 Å². The molecule has 6 nitrogen and oxygen atoms in total. The second-order valence-corrected chi connectivity index (χ2v) is 5.69. The average molecular weight is 287 g/mol. The van der Waals surface area contributed by atoms with Crippen LogP contribution in [0.25, 0.3) is 0 Å². The number of thioether (sulfide) groups is 1. The van der Waals surface area contributed by atoms with Crippen LogP contribution in [-0.2, 0) is 16.1 Å². The summed E-state index contributed by atoms with van der Waals surface area (Å²) < 4.78 is 7.47. The standard InChI is InChI=1S/C12H21N3O3S/c1-8(2)11-13-14-12(19-7-10(16)17)15(11)5-6-18-9(3)4/h8-9H,5-7H2,1-4H3,(H,16,17). The van der Waals surface area contributed by atoms with Gasteiger partial charge in [0.2, 0.25) is 0 Å². The molecule has 0 aliphatic rings. The number of nitrogens with zero attached hydrogens (tertiary/aromatic N) is 3. The summed E-state index contributed by atoms with van der Waals surface area (Å²) in [7, 11) is 0. The van der Waals surface area contributed by atoms with Gasteiger partial charge in [-0.05, 0) is 13.8 Å². The first-order chi connectivity index (χ1) is 8.91. The van der Waals surface area contributed by atoms with Gasteiger partial charge < -0.3 is 14.4 Å². The predicted molar refractivity (Wildman–Crippen MR) is 73.6 cm³/mol. The van der Waals surface area contributed by atoms with Crippen molar-refractivity contribution in [1.82, 2.24) is 14.8 Å². The van der Waals surface area contributed by atoms with Gasteiger partial charge in [0.05, 0.1) is 18.5 Å². The Balaban J connectivity index is 2.76. The molecule has 0 aromatic carbocycles. The SMILES string of the molecule is CC(C)OCCn1c(SCC(=O)O)nnc1C(C)C. The molecule has 0 aliphatic carbocycles. The summed E-state index contributed by atoms with van der Waals surface area (Å²) in [4.78, 5) is 10.6. The van der Waals surface area contributed by atoms with E-state index in [1.165, 1.54) is 11.8 Å². The van der Waals surface area contributed by atoms with Crippen LogP contribution in [0.2, 0.25) is 0 Å². The summed E-state index contributed by atoms with van der Waals surface area (Å²) in [6.07, 6.45) is 0.175. The van der Waals surface area contributed by atoms with E-state index < -0.39 is 5.97 Å². The highest BCUT2D eigenvalue weighted by atomic mass is 32.2. The maximum absolute atomic E-state index is 10.6. The highest BCUT2D eigenvalue weighted by Crippen LogP contribution is 2.21. The summed E-state index contributed by atoms with van der Waals surface area (Å²) in [5.41, 5.74) is 0. The molecule has 0 saturated heterocycles. The highest BCUT2D eigenvalue weighted by molar-refractivity contribution is 7.99. The number of carboxylic acid groups (broad SMARTS) is 1. The fourth-order valence-corrected chi connectivity index (χ4v) is 2.24. The van der Waals surface area contributed by atoms with Crippen LogP contribution in [0.3, 0.4) is 0 Å². The Morgan fingerprint density at radius 1 is 1.37 bits per heavy atom. The van der Waals surface area contributed by atoms with Gasteiger partial charge >= 0.3 is 5.97 Å². The Morgan fingerprint density at radius 3 is 2.58 bits per heavy atom. The zero-order valence-electron chi connectivity index (χ0n) is 11.8. The quantitative estimate of drug-likeness (QED) is 0.737. The van der Waals surface area contributed by atoms with Crippen molar-refractivity contribution < 1.29 is 14.6 Å². The highest BCUT2D eigenvalue weighted by Gasteiger charge is 2.16. The third-order valence-electron chi connectivity index (χ3n) is 2.35. The van der Waals surface area contributed by atoms with Gasteiger partial charge in [0.15, 0.2) is 5.16 Å². The number of rotatable bonds is 8. The Bertz CT molecular complexity index is 418. The van der Waals surface area contributed by atoms with Gasteiger partial charge in [-0.25, -0.2) is 0 Å². The van der Waals surface area contributed by atoms with Crippen molar-refractivity contribution in [3.8, 4) is 0 Å². The lowest BCUT2D eigenvalue weighted by Crippen LogP contribution is -2.14. The average Bonchev–Trinajstić information content (AvgIpc) is 2.69. The Hall–Kier alpha value is -1.08. The minimum absolute atomic E-state index is 0.0126. The van der Waals surface area contributed by atoms with E-state index in [2.05, 4.69) is 10.2 Å². The molecule has 1 aromatic heterocycles. The molecule has 0 radical (unpaired) electrons. The lowest BCUT2D eigenvalue weighted by molar-refractivity contribution is -0.133. The predicted octanol–water partition coefficient (Wildman–Crippen LogP) is 2.00. The van der Waals surface area contributed by atoms with Crippen molar-refractivity contribution in [2.75, 3.05) is 12.4 Å². The maximum atomic E-state index is 10.6. The van der Waals surface area contributed by atoms with Crippen LogP contribution in [0, 0.1) is 0 Å². The van der Waals surface area contributed by atoms with Crippen molar-refractivity contribution >= 4 is 17.7 Å². The monoisotopic (exact) mass is 287 g/mol. The van der Waals surface area contributed by atoms with Crippen molar-refractivity contribution in [3.63, 3.8) is 0 Å². The third-order valence-corrected chi connectivity index (χ3v) is 3.30. The van der Waals surface area contributed by atoms with E-state index in [4.69, 9.17) is 9.84 Å². The molecule has 0 spiro atoms. The zero-order valence-corrected chi connectivity index (χ0v) is 12.6. The van der Waals surface area contributed by atoms with E-state index in [9.17, 15) is 4.79 Å². The Morgan fingerprint density at radius 2 is 2.05 bits per heavy atom. The van der Waals surface area contributed by atoms with Gasteiger partial charge in [-0.3, -0.25) is 4.79 Å². The number of aliphatic carboxylic acids is 1. The molecule has 0 atom stereocenters. The fourth-order valence-electron chi connectivity index (χ4n) is 1.55. The molecule has 0 bridgehead atoms. The lowest BCUT2D eigenvalue weighted by atomic mass is 10.2. The summed E-state index contributed by atoms with van der Waals surface area (Å²) in [6.45, 7) is 9.24. The summed E-state index contributed by atoms with van der Waals surface area (Å²) in [6, 6.07) is 0. The van der Waals surface area contributed by atoms with Gasteiger partial charge in [0, 0.05) is 12.5 Å². The van der Waals surface area contributed by atoms with Gasteiger partial charge in [-0.15, -0.1) is 10.2 Å². The van der Waals surface area contributed by atoms with E-state index in [-0.39, 0.29) is 17.8 Å². The summed E-state index contributed by atoms with van der Waals surface area (Å²) in [5, 5.41) is 17.6. The van der Waals surface area contributed by atoms with Crippen molar-refractivity contribution in [2.24, 2.45) is 0 Å². The molecule has 7 heteroatoms. The minimum atomic E-state index is -0.857. The van der Waals surface area contributed by atoms with E-state index in [0.717, 1.165) is 5.82 Å². The fraction of sp³-hybridized carbons (Fsp3) is 0.750. The molecule has 1 heterocycles. The molecule has 0 saturated carbocycles. The second kappa shape index (κ2) is 7.49. The van der Waals surface area contributed by atoms with Gasteiger partial charge in [-0.1, -0.05) is 25.6 Å². The smallest absolute Gasteiger partial charge is 0.313 e. The molecule has 1 N–H and O–H groups in total. The van der Waals surface area contributed by atoms with Crippen LogP contribution in [0.5, 0.6) is 0 Å². The largest absolute Gasteiger partial charge is 0.481 e. The molecular weight excluding hydrogens is 266 g/mol. The normalized spacial score (nSPS) is 11.5. The molecular formula is C12H21N3O3S. The van der Waals surface area contributed by atoms with Crippen molar-refractivity contribution in [2.45, 2.75) is 51.4 Å². The Labute approximate surface area is 117 Å². The molecule has 0 amide bonds. The van der Waals surface area contributed by atoms with E-state index in [1.807, 2.05) is 32.3 Å². The molecule has 19 heavy (non-hydrogen) atoms. The van der Waals surface area contributed by atoms with E-state index in [0.29, 0.717) is 18.3 Å². The molecule has 1 aromatic rings. The minimum Gasteiger partial charge on any atom is -0.481 e. The number of carboxylic acids is 1. The molecule has 0 unspecified atom stereocenters. The van der Waals surface area contributed by atoms with Crippen molar-refractivity contribution in [3.05, 3.63) is 5.82 Å². The second-order valence-electron chi connectivity index (χ2n) is 4.75. The summed E-state index contributed by atoms with van der Waals surface area (Å²) in [5.74, 6) is 0.233. The van der Waals surface area contributed by atoms with Crippen LogP contribution in [0.4, 0.5) is 0 Å². The molecule has 1 rings (SSSR count). The molecule has 0 aliphatic heterocycles. The third kappa shape index (κ3) is 5.20. The van der Waals surface area contributed by atoms with Gasteiger partial charge in [0.25, 0.3) is 0 Å². The van der Waals surface area contributed by atoms with Crippen molar-refractivity contribution in [1.29, 1.82) is 0 Å². The van der Waals surface area contributed by atoms with Gasteiger partial charge in [-0.2, -0.15) is 0 Å². The van der Waals surface area contributed by atoms with E-state index >= 15 is 0 Å². The van der Waals surface area contributed by atoms with Crippen LogP contribution >= 0.6 is 11.8 Å². The topological polar surface area (TPSA) is 77.2 Å². The summed E-state index contributed by atoms with van der Waals surface area (Å²) >= 11 is 1.19. The first kappa shape index (κ1) is 16.0. The number of ether oxygens (including phenoxy) is 1. The zero-order chi connectivity index (χ0) is 14.4. The van der Waals surface area contributed by atoms with Crippen LogP contribution in [0.15, 0.2) is 5.16 Å². The number of hydrogen-bond donors (Lipinski definition) is 1. The van der Waals surface area contributed by atoms with Gasteiger partial charge in [0.1, 0.15) is 5.82 Å². The Kier molecular flexibility index (Phi) is 6.30. The molecule has 108 valence electrons. The number of aromatic nitrogens is 3. The number of carbonyl (C=O) groups is 1. The van der Waals surface area contributed by atoms with Crippen LogP contribution in [0.1, 0.15) is 39.4 Å².